The first-order chi connectivity index (χ1) is 12.2. The molecule has 1 aliphatic heterocycles. The van der Waals surface area contributed by atoms with E-state index in [1.165, 1.54) is 0 Å². The lowest BCUT2D eigenvalue weighted by molar-refractivity contribution is -0.121. The van der Waals surface area contributed by atoms with E-state index in [0.717, 1.165) is 38.3 Å². The Hall–Kier alpha value is -1.89. The van der Waals surface area contributed by atoms with E-state index < -0.39 is 0 Å². The first kappa shape index (κ1) is 17.9. The maximum atomic E-state index is 12.0. The van der Waals surface area contributed by atoms with Crippen LogP contribution in [0.15, 0.2) is 34.9 Å². The fourth-order valence-electron chi connectivity index (χ4n) is 2.81. The van der Waals surface area contributed by atoms with Gasteiger partial charge in [-0.05, 0) is 12.1 Å². The molecule has 134 valence electrons. The summed E-state index contributed by atoms with van der Waals surface area (Å²) in [7, 11) is 0. The molecule has 1 saturated heterocycles. The molecule has 7 heteroatoms. The molecular weight excluding hydrogens is 340 g/mol. The highest BCUT2D eigenvalue weighted by molar-refractivity contribution is 6.33. The molecule has 0 spiro atoms. The molecule has 1 aromatic carbocycles. The highest BCUT2D eigenvalue weighted by Gasteiger charge is 2.12. The standard InChI is InChI=1S/C18H23ClN4O2/c19-15-4-2-1-3-14(15)16-13-22-18(25-16)6-5-17(24)21-9-12-23-10-7-20-8-11-23/h1-4,13,20H,5-12H2,(H,21,24). The van der Waals surface area contributed by atoms with E-state index in [9.17, 15) is 4.79 Å². The number of benzene rings is 1. The van der Waals surface area contributed by atoms with Crippen molar-refractivity contribution in [2.45, 2.75) is 12.8 Å². The van der Waals surface area contributed by atoms with Crippen LogP contribution in [0, 0.1) is 0 Å². The van der Waals surface area contributed by atoms with Gasteiger partial charge in [-0.25, -0.2) is 4.98 Å². The van der Waals surface area contributed by atoms with Gasteiger partial charge in [-0.3, -0.25) is 9.69 Å². The van der Waals surface area contributed by atoms with E-state index in [-0.39, 0.29) is 5.91 Å². The first-order valence-corrected chi connectivity index (χ1v) is 8.99. The van der Waals surface area contributed by atoms with Gasteiger partial charge in [0.05, 0.1) is 11.2 Å². The van der Waals surface area contributed by atoms with Crippen LogP contribution in [0.25, 0.3) is 11.3 Å². The fourth-order valence-corrected chi connectivity index (χ4v) is 3.04. The minimum absolute atomic E-state index is 0.0210. The van der Waals surface area contributed by atoms with Crippen LogP contribution >= 0.6 is 11.6 Å². The predicted molar refractivity (Wildman–Crippen MR) is 97.6 cm³/mol. The molecule has 1 amide bonds. The van der Waals surface area contributed by atoms with E-state index >= 15 is 0 Å². The summed E-state index contributed by atoms with van der Waals surface area (Å²) in [5.41, 5.74) is 0.809. The molecule has 1 aliphatic rings. The Morgan fingerprint density at radius 3 is 2.92 bits per heavy atom. The van der Waals surface area contributed by atoms with Gasteiger partial charge in [0.25, 0.3) is 0 Å². The Kier molecular flexibility index (Phi) is 6.44. The number of oxazole rings is 1. The van der Waals surface area contributed by atoms with Crippen LogP contribution in [-0.4, -0.2) is 55.1 Å². The third kappa shape index (κ3) is 5.29. The summed E-state index contributed by atoms with van der Waals surface area (Å²) in [6.07, 6.45) is 2.49. The number of rotatable bonds is 7. The number of amides is 1. The van der Waals surface area contributed by atoms with Crippen molar-refractivity contribution in [2.24, 2.45) is 0 Å². The number of aryl methyl sites for hydroxylation is 1. The molecule has 6 nitrogen and oxygen atoms in total. The molecule has 2 aromatic rings. The summed E-state index contributed by atoms with van der Waals surface area (Å²) in [5.74, 6) is 1.19. The van der Waals surface area contributed by atoms with Crippen molar-refractivity contribution in [3.8, 4) is 11.3 Å². The van der Waals surface area contributed by atoms with Crippen molar-refractivity contribution in [2.75, 3.05) is 39.3 Å². The lowest BCUT2D eigenvalue weighted by atomic mass is 10.2. The second-order valence-electron chi connectivity index (χ2n) is 6.04. The molecule has 0 unspecified atom stereocenters. The van der Waals surface area contributed by atoms with Gasteiger partial charge in [0.15, 0.2) is 11.7 Å². The average molecular weight is 363 g/mol. The van der Waals surface area contributed by atoms with Gasteiger partial charge in [0.1, 0.15) is 0 Å². The largest absolute Gasteiger partial charge is 0.441 e. The van der Waals surface area contributed by atoms with Gasteiger partial charge < -0.3 is 15.1 Å². The third-order valence-electron chi connectivity index (χ3n) is 4.22. The lowest BCUT2D eigenvalue weighted by Gasteiger charge is -2.27. The molecule has 0 bridgehead atoms. The van der Waals surface area contributed by atoms with Crippen molar-refractivity contribution < 1.29 is 9.21 Å². The summed E-state index contributed by atoms with van der Waals surface area (Å²) in [6.45, 7) is 5.68. The number of aromatic nitrogens is 1. The number of carbonyl (C=O) groups is 1. The molecule has 0 atom stereocenters. The summed E-state index contributed by atoms with van der Waals surface area (Å²) in [4.78, 5) is 18.5. The minimum Gasteiger partial charge on any atom is -0.441 e. The second-order valence-corrected chi connectivity index (χ2v) is 6.45. The maximum absolute atomic E-state index is 12.0. The molecule has 0 saturated carbocycles. The number of piperazine rings is 1. The molecular formula is C18H23ClN4O2. The zero-order valence-electron chi connectivity index (χ0n) is 14.1. The average Bonchev–Trinajstić information content (AvgIpc) is 3.10. The van der Waals surface area contributed by atoms with Crippen LogP contribution in [0.4, 0.5) is 0 Å². The third-order valence-corrected chi connectivity index (χ3v) is 4.55. The summed E-state index contributed by atoms with van der Waals surface area (Å²) >= 11 is 6.16. The van der Waals surface area contributed by atoms with Crippen molar-refractivity contribution in [1.29, 1.82) is 0 Å². The molecule has 2 N–H and O–H groups in total. The molecule has 2 heterocycles. The maximum Gasteiger partial charge on any atom is 0.220 e. The first-order valence-electron chi connectivity index (χ1n) is 8.62. The van der Waals surface area contributed by atoms with Crippen molar-refractivity contribution in [3.05, 3.63) is 41.4 Å². The van der Waals surface area contributed by atoms with E-state index in [0.29, 0.717) is 36.1 Å². The number of nitrogens with zero attached hydrogens (tertiary/aromatic N) is 2. The van der Waals surface area contributed by atoms with Crippen LogP contribution in [-0.2, 0) is 11.2 Å². The van der Waals surface area contributed by atoms with Gasteiger partial charge >= 0.3 is 0 Å². The molecule has 0 radical (unpaired) electrons. The Morgan fingerprint density at radius 1 is 1.32 bits per heavy atom. The number of hydrogen-bond acceptors (Lipinski definition) is 5. The summed E-state index contributed by atoms with van der Waals surface area (Å²) in [5, 5.41) is 6.89. The zero-order chi connectivity index (χ0) is 17.5. The predicted octanol–water partition coefficient (Wildman–Crippen LogP) is 1.95. The van der Waals surface area contributed by atoms with Crippen molar-refractivity contribution in [1.82, 2.24) is 20.5 Å². The van der Waals surface area contributed by atoms with Crippen LogP contribution in [0.5, 0.6) is 0 Å². The molecule has 3 rings (SSSR count). The number of nitrogens with one attached hydrogen (secondary N) is 2. The normalized spacial score (nSPS) is 15.2. The smallest absolute Gasteiger partial charge is 0.220 e. The topological polar surface area (TPSA) is 70.4 Å². The molecule has 1 fully saturated rings. The van der Waals surface area contributed by atoms with Crippen LogP contribution in [0.3, 0.4) is 0 Å². The molecule has 25 heavy (non-hydrogen) atoms. The van der Waals surface area contributed by atoms with Gasteiger partial charge in [0, 0.05) is 57.7 Å². The summed E-state index contributed by atoms with van der Waals surface area (Å²) in [6, 6.07) is 7.46. The van der Waals surface area contributed by atoms with Gasteiger partial charge in [0.2, 0.25) is 5.91 Å². The van der Waals surface area contributed by atoms with Gasteiger partial charge in [-0.2, -0.15) is 0 Å². The highest BCUT2D eigenvalue weighted by Crippen LogP contribution is 2.28. The Labute approximate surface area is 152 Å². The van der Waals surface area contributed by atoms with Gasteiger partial charge in [-0.15, -0.1) is 0 Å². The second kappa shape index (κ2) is 8.99. The van der Waals surface area contributed by atoms with Crippen LogP contribution in [0.1, 0.15) is 12.3 Å². The van der Waals surface area contributed by atoms with E-state index in [1.54, 1.807) is 6.20 Å². The Balaban J connectivity index is 1.41. The van der Waals surface area contributed by atoms with E-state index in [4.69, 9.17) is 16.0 Å². The number of carbonyl (C=O) groups excluding carboxylic acids is 1. The SMILES string of the molecule is O=C(CCc1ncc(-c2ccccc2Cl)o1)NCCN1CCNCC1. The highest BCUT2D eigenvalue weighted by atomic mass is 35.5. The molecule has 1 aromatic heterocycles. The Morgan fingerprint density at radius 2 is 2.12 bits per heavy atom. The Bertz CT molecular complexity index is 698. The number of hydrogen-bond donors (Lipinski definition) is 2. The monoisotopic (exact) mass is 362 g/mol. The fraction of sp³-hybridized carbons (Fsp3) is 0.444. The van der Waals surface area contributed by atoms with Gasteiger partial charge in [-0.1, -0.05) is 23.7 Å². The van der Waals surface area contributed by atoms with Crippen LogP contribution in [0.2, 0.25) is 5.02 Å². The van der Waals surface area contributed by atoms with E-state index in [1.807, 2.05) is 24.3 Å². The van der Waals surface area contributed by atoms with Crippen molar-refractivity contribution >= 4 is 17.5 Å². The summed E-state index contributed by atoms with van der Waals surface area (Å²) < 4.78 is 5.71. The molecule has 0 aliphatic carbocycles. The lowest BCUT2D eigenvalue weighted by Crippen LogP contribution is -2.46. The quantitative estimate of drug-likeness (QED) is 0.787. The number of halogens is 1. The van der Waals surface area contributed by atoms with Crippen molar-refractivity contribution in [3.63, 3.8) is 0 Å². The van der Waals surface area contributed by atoms with E-state index in [2.05, 4.69) is 20.5 Å². The van der Waals surface area contributed by atoms with Crippen LogP contribution < -0.4 is 10.6 Å². The minimum atomic E-state index is 0.0210. The zero-order valence-corrected chi connectivity index (χ0v) is 14.9.